The van der Waals surface area contributed by atoms with Gasteiger partial charge in [0.05, 0.1) is 4.92 Å². The third-order valence-electron chi connectivity index (χ3n) is 3.74. The summed E-state index contributed by atoms with van der Waals surface area (Å²) >= 11 is 0. The number of hydrogen-bond acceptors (Lipinski definition) is 5. The number of rotatable bonds is 3. The van der Waals surface area contributed by atoms with Gasteiger partial charge in [0.15, 0.2) is 0 Å². The molecule has 1 aromatic rings. The first-order valence-corrected chi connectivity index (χ1v) is 7.03. The molecule has 20 heavy (non-hydrogen) atoms. The maximum atomic E-state index is 11.5. The molecule has 1 saturated heterocycles. The van der Waals surface area contributed by atoms with Crippen molar-refractivity contribution in [2.75, 3.05) is 18.0 Å². The molecule has 0 saturated carbocycles. The summed E-state index contributed by atoms with van der Waals surface area (Å²) in [7, 11) is 1.76. The van der Waals surface area contributed by atoms with Crippen molar-refractivity contribution in [1.29, 1.82) is 0 Å². The molecule has 1 aliphatic rings. The van der Waals surface area contributed by atoms with Crippen molar-refractivity contribution in [3.8, 4) is 0 Å². The molecule has 0 radical (unpaired) electrons. The van der Waals surface area contributed by atoms with E-state index in [1.54, 1.807) is 11.7 Å². The van der Waals surface area contributed by atoms with Crippen LogP contribution in [-0.4, -0.2) is 33.8 Å². The first kappa shape index (κ1) is 14.8. The van der Waals surface area contributed by atoms with Gasteiger partial charge in [-0.2, -0.15) is 5.10 Å². The molecule has 0 aromatic carbocycles. The number of piperidine rings is 1. The normalized spacial score (nSPS) is 23.4. The fraction of sp³-hybridized carbons (Fsp3) is 0.769. The van der Waals surface area contributed by atoms with Gasteiger partial charge in [-0.15, -0.1) is 0 Å². The largest absolute Gasteiger partial charge is 0.349 e. The van der Waals surface area contributed by atoms with Crippen LogP contribution in [0.25, 0.3) is 0 Å². The summed E-state index contributed by atoms with van der Waals surface area (Å²) < 4.78 is 1.62. The van der Waals surface area contributed by atoms with Crippen molar-refractivity contribution in [3.05, 3.63) is 15.8 Å². The van der Waals surface area contributed by atoms with Crippen molar-refractivity contribution in [2.45, 2.75) is 39.2 Å². The summed E-state index contributed by atoms with van der Waals surface area (Å²) in [5.41, 5.74) is 6.72. The van der Waals surface area contributed by atoms with Crippen LogP contribution >= 0.6 is 0 Å². The molecule has 7 nitrogen and oxygen atoms in total. The van der Waals surface area contributed by atoms with E-state index in [9.17, 15) is 10.1 Å². The van der Waals surface area contributed by atoms with Gasteiger partial charge in [-0.05, 0) is 12.3 Å². The van der Waals surface area contributed by atoms with Crippen molar-refractivity contribution in [3.63, 3.8) is 0 Å². The van der Waals surface area contributed by atoms with Gasteiger partial charge >= 0.3 is 5.69 Å². The standard InChI is InChI=1S/C13H23N5O2/c1-8(2)11-12(18(19)20)13(16(4)15-11)17-6-9(3)5-10(14)7-17/h8-10H,5-7,14H2,1-4H3. The minimum absolute atomic E-state index is 0.0197. The third kappa shape index (κ3) is 2.63. The van der Waals surface area contributed by atoms with E-state index in [0.29, 0.717) is 24.0 Å². The van der Waals surface area contributed by atoms with Crippen LogP contribution in [0.2, 0.25) is 0 Å². The lowest BCUT2D eigenvalue weighted by atomic mass is 9.96. The van der Waals surface area contributed by atoms with E-state index in [0.717, 1.165) is 13.0 Å². The molecular formula is C13H23N5O2. The smallest absolute Gasteiger partial charge is 0.334 e. The summed E-state index contributed by atoms with van der Waals surface area (Å²) in [5, 5.41) is 15.8. The Morgan fingerprint density at radius 3 is 2.60 bits per heavy atom. The molecule has 1 aromatic heterocycles. The monoisotopic (exact) mass is 281 g/mol. The lowest BCUT2D eigenvalue weighted by Gasteiger charge is -2.35. The highest BCUT2D eigenvalue weighted by atomic mass is 16.6. The van der Waals surface area contributed by atoms with E-state index in [4.69, 9.17) is 5.73 Å². The van der Waals surface area contributed by atoms with Crippen molar-refractivity contribution >= 4 is 11.5 Å². The lowest BCUT2D eigenvalue weighted by molar-refractivity contribution is -0.385. The summed E-state index contributed by atoms with van der Waals surface area (Å²) in [4.78, 5) is 13.2. The number of aromatic nitrogens is 2. The fourth-order valence-corrected chi connectivity index (χ4v) is 3.02. The number of hydrogen-bond donors (Lipinski definition) is 1. The van der Waals surface area contributed by atoms with Gasteiger partial charge in [-0.25, -0.2) is 4.68 Å². The first-order chi connectivity index (χ1) is 9.31. The fourth-order valence-electron chi connectivity index (χ4n) is 3.02. The molecule has 0 spiro atoms. The predicted molar refractivity (Wildman–Crippen MR) is 77.9 cm³/mol. The lowest BCUT2D eigenvalue weighted by Crippen LogP contribution is -2.47. The van der Waals surface area contributed by atoms with Gasteiger partial charge in [0.25, 0.3) is 0 Å². The average molecular weight is 281 g/mol. The number of nitro groups is 1. The maximum Gasteiger partial charge on any atom is 0.334 e. The van der Waals surface area contributed by atoms with Crippen LogP contribution in [-0.2, 0) is 7.05 Å². The average Bonchev–Trinajstić information content (AvgIpc) is 2.65. The molecule has 2 rings (SSSR count). The van der Waals surface area contributed by atoms with E-state index < -0.39 is 0 Å². The van der Waals surface area contributed by atoms with Gasteiger partial charge in [-0.3, -0.25) is 10.1 Å². The Bertz CT molecular complexity index is 501. The molecule has 1 aliphatic heterocycles. The van der Waals surface area contributed by atoms with Gasteiger partial charge in [0.2, 0.25) is 5.82 Å². The number of nitrogens with zero attached hydrogens (tertiary/aromatic N) is 4. The Hall–Kier alpha value is -1.63. The number of aryl methyl sites for hydroxylation is 1. The Kier molecular flexibility index (Phi) is 3.99. The third-order valence-corrected chi connectivity index (χ3v) is 3.74. The quantitative estimate of drug-likeness (QED) is 0.671. The zero-order chi connectivity index (χ0) is 15.0. The van der Waals surface area contributed by atoms with Gasteiger partial charge in [0.1, 0.15) is 5.69 Å². The number of anilines is 1. The van der Waals surface area contributed by atoms with Gasteiger partial charge in [0, 0.05) is 32.1 Å². The predicted octanol–water partition coefficient (Wildman–Crippen LogP) is 1.63. The van der Waals surface area contributed by atoms with Crippen LogP contribution in [0, 0.1) is 16.0 Å². The summed E-state index contributed by atoms with van der Waals surface area (Å²) in [6.45, 7) is 7.39. The highest BCUT2D eigenvalue weighted by molar-refractivity contribution is 5.62. The molecule has 112 valence electrons. The van der Waals surface area contributed by atoms with Crippen LogP contribution in [0.15, 0.2) is 0 Å². The number of nitrogens with two attached hydrogens (primary N) is 1. The van der Waals surface area contributed by atoms with Crippen molar-refractivity contribution < 1.29 is 4.92 Å². The zero-order valence-corrected chi connectivity index (χ0v) is 12.5. The maximum absolute atomic E-state index is 11.5. The van der Waals surface area contributed by atoms with Crippen LogP contribution in [0.1, 0.15) is 38.8 Å². The Balaban J connectivity index is 2.47. The van der Waals surface area contributed by atoms with Gasteiger partial charge in [-0.1, -0.05) is 20.8 Å². The van der Waals surface area contributed by atoms with Crippen LogP contribution < -0.4 is 10.6 Å². The first-order valence-electron chi connectivity index (χ1n) is 7.03. The minimum atomic E-state index is -0.317. The van der Waals surface area contributed by atoms with E-state index in [-0.39, 0.29) is 22.6 Å². The van der Waals surface area contributed by atoms with Crippen LogP contribution in [0.5, 0.6) is 0 Å². The SMILES string of the molecule is CC1CC(N)CN(c2c([N+](=O)[O-])c(C(C)C)nn2C)C1. The van der Waals surface area contributed by atoms with E-state index >= 15 is 0 Å². The molecule has 2 atom stereocenters. The van der Waals surface area contributed by atoms with E-state index in [1.165, 1.54) is 0 Å². The Morgan fingerprint density at radius 1 is 1.45 bits per heavy atom. The van der Waals surface area contributed by atoms with Crippen LogP contribution in [0.4, 0.5) is 11.5 Å². The molecule has 2 heterocycles. The molecular weight excluding hydrogens is 258 g/mol. The summed E-state index contributed by atoms with van der Waals surface area (Å²) in [6, 6.07) is 0.0516. The van der Waals surface area contributed by atoms with E-state index in [2.05, 4.69) is 12.0 Å². The Morgan fingerprint density at radius 2 is 2.10 bits per heavy atom. The molecule has 0 bridgehead atoms. The summed E-state index contributed by atoms with van der Waals surface area (Å²) in [6.07, 6.45) is 0.958. The van der Waals surface area contributed by atoms with Crippen molar-refractivity contribution in [1.82, 2.24) is 9.78 Å². The second kappa shape index (κ2) is 5.40. The summed E-state index contributed by atoms with van der Waals surface area (Å²) in [5.74, 6) is 1.03. The molecule has 2 N–H and O–H groups in total. The molecule has 7 heteroatoms. The topological polar surface area (TPSA) is 90.2 Å². The second-order valence-corrected chi connectivity index (χ2v) is 6.10. The molecule has 0 amide bonds. The van der Waals surface area contributed by atoms with Crippen LogP contribution in [0.3, 0.4) is 0 Å². The zero-order valence-electron chi connectivity index (χ0n) is 12.5. The molecule has 2 unspecified atom stereocenters. The van der Waals surface area contributed by atoms with Crippen molar-refractivity contribution in [2.24, 2.45) is 18.7 Å². The van der Waals surface area contributed by atoms with Gasteiger partial charge < -0.3 is 10.6 Å². The highest BCUT2D eigenvalue weighted by Gasteiger charge is 2.34. The second-order valence-electron chi connectivity index (χ2n) is 6.10. The van der Waals surface area contributed by atoms with E-state index in [1.807, 2.05) is 18.7 Å². The Labute approximate surface area is 118 Å². The highest BCUT2D eigenvalue weighted by Crippen LogP contribution is 2.36. The molecule has 1 fully saturated rings. The minimum Gasteiger partial charge on any atom is -0.349 e. The molecule has 0 aliphatic carbocycles.